The molecule has 0 aromatic carbocycles. The van der Waals surface area contributed by atoms with Crippen molar-refractivity contribution >= 4 is 17.5 Å². The van der Waals surface area contributed by atoms with E-state index in [9.17, 15) is 9.59 Å². The van der Waals surface area contributed by atoms with Gasteiger partial charge in [-0.1, -0.05) is 0 Å². The van der Waals surface area contributed by atoms with Gasteiger partial charge in [0.25, 0.3) is 5.91 Å². The van der Waals surface area contributed by atoms with E-state index in [1.807, 2.05) is 0 Å². The van der Waals surface area contributed by atoms with Crippen LogP contribution in [0.15, 0.2) is 12.3 Å². The number of rotatable bonds is 3. The molecule has 0 spiro atoms. The summed E-state index contributed by atoms with van der Waals surface area (Å²) in [4.78, 5) is 25.3. The van der Waals surface area contributed by atoms with Gasteiger partial charge in [-0.25, -0.2) is 0 Å². The Hall–Kier alpha value is -1.98. The van der Waals surface area contributed by atoms with Crippen molar-refractivity contribution in [2.24, 2.45) is 0 Å². The highest BCUT2D eigenvalue weighted by Crippen LogP contribution is 2.06. The Labute approximate surface area is 92.6 Å². The minimum Gasteiger partial charge on any atom is -0.397 e. The first-order valence-corrected chi connectivity index (χ1v) is 5.16. The SMILES string of the molecule is Nc1c[nH]c(C(=O)NCC2CCC(=O)N2)c1. The quantitative estimate of drug-likeness (QED) is 0.560. The Bertz CT molecular complexity index is 413. The minimum absolute atomic E-state index is 0.0448. The predicted octanol–water partition coefficient (Wildman–Crippen LogP) is -0.395. The van der Waals surface area contributed by atoms with Crippen LogP contribution in [0.4, 0.5) is 5.69 Å². The van der Waals surface area contributed by atoms with E-state index in [0.29, 0.717) is 24.3 Å². The number of carbonyl (C=O) groups is 2. The molecule has 0 aliphatic carbocycles. The summed E-state index contributed by atoms with van der Waals surface area (Å²) in [5, 5.41) is 5.51. The highest BCUT2D eigenvalue weighted by atomic mass is 16.2. The lowest BCUT2D eigenvalue weighted by atomic mass is 10.2. The van der Waals surface area contributed by atoms with E-state index in [1.165, 1.54) is 0 Å². The van der Waals surface area contributed by atoms with Crippen LogP contribution in [0.25, 0.3) is 0 Å². The van der Waals surface area contributed by atoms with Gasteiger partial charge < -0.3 is 21.4 Å². The van der Waals surface area contributed by atoms with E-state index in [0.717, 1.165) is 6.42 Å². The van der Waals surface area contributed by atoms with Crippen molar-refractivity contribution in [1.82, 2.24) is 15.6 Å². The van der Waals surface area contributed by atoms with E-state index in [2.05, 4.69) is 15.6 Å². The molecule has 16 heavy (non-hydrogen) atoms. The van der Waals surface area contributed by atoms with Crippen LogP contribution in [0, 0.1) is 0 Å². The third-order valence-electron chi connectivity index (χ3n) is 2.54. The van der Waals surface area contributed by atoms with Gasteiger partial charge in [-0.05, 0) is 12.5 Å². The number of nitrogen functional groups attached to an aromatic ring is 1. The maximum atomic E-state index is 11.6. The van der Waals surface area contributed by atoms with Gasteiger partial charge in [-0.2, -0.15) is 0 Å². The van der Waals surface area contributed by atoms with Gasteiger partial charge in [0.1, 0.15) is 5.69 Å². The van der Waals surface area contributed by atoms with Crippen LogP contribution in [-0.2, 0) is 4.79 Å². The molecule has 5 N–H and O–H groups in total. The molecule has 1 atom stereocenters. The summed E-state index contributed by atoms with van der Waals surface area (Å²) in [5.41, 5.74) is 6.44. The van der Waals surface area contributed by atoms with Crippen LogP contribution in [0.1, 0.15) is 23.3 Å². The average molecular weight is 222 g/mol. The number of aromatic nitrogens is 1. The maximum Gasteiger partial charge on any atom is 0.267 e. The van der Waals surface area contributed by atoms with E-state index < -0.39 is 0 Å². The van der Waals surface area contributed by atoms with Crippen molar-refractivity contribution in [3.8, 4) is 0 Å². The van der Waals surface area contributed by atoms with Crippen LogP contribution in [-0.4, -0.2) is 29.4 Å². The monoisotopic (exact) mass is 222 g/mol. The molecule has 6 heteroatoms. The molecule has 2 rings (SSSR count). The zero-order valence-corrected chi connectivity index (χ0v) is 8.75. The van der Waals surface area contributed by atoms with E-state index >= 15 is 0 Å². The molecule has 1 fully saturated rings. The summed E-state index contributed by atoms with van der Waals surface area (Å²) in [6.45, 7) is 0.448. The van der Waals surface area contributed by atoms with E-state index in [4.69, 9.17) is 5.73 Å². The lowest BCUT2D eigenvalue weighted by Crippen LogP contribution is -2.38. The fourth-order valence-corrected chi connectivity index (χ4v) is 1.68. The Kier molecular flexibility index (Phi) is 2.80. The third-order valence-corrected chi connectivity index (χ3v) is 2.54. The van der Waals surface area contributed by atoms with Crippen molar-refractivity contribution in [1.29, 1.82) is 0 Å². The van der Waals surface area contributed by atoms with E-state index in [1.54, 1.807) is 12.3 Å². The summed E-state index contributed by atoms with van der Waals surface area (Å²) < 4.78 is 0. The standard InChI is InChI=1S/C10H14N4O2/c11-6-3-8(12-4-6)10(16)13-5-7-1-2-9(15)14-7/h3-4,7,12H,1-2,5,11H2,(H,13,16)(H,14,15). The first kappa shape index (κ1) is 10.5. The number of amides is 2. The molecular formula is C10H14N4O2. The van der Waals surface area contributed by atoms with Gasteiger partial charge in [-0.3, -0.25) is 9.59 Å². The molecule has 1 unspecified atom stereocenters. The number of hydrogen-bond acceptors (Lipinski definition) is 3. The summed E-state index contributed by atoms with van der Waals surface area (Å²) in [7, 11) is 0. The van der Waals surface area contributed by atoms with Crippen LogP contribution < -0.4 is 16.4 Å². The molecule has 1 aliphatic heterocycles. The number of anilines is 1. The van der Waals surface area contributed by atoms with Crippen molar-refractivity contribution < 1.29 is 9.59 Å². The second-order valence-electron chi connectivity index (χ2n) is 3.86. The molecule has 1 aliphatic rings. The zero-order valence-electron chi connectivity index (χ0n) is 8.75. The summed E-state index contributed by atoms with van der Waals surface area (Å²) >= 11 is 0. The number of nitrogens with two attached hydrogens (primary N) is 1. The molecular weight excluding hydrogens is 208 g/mol. The Morgan fingerprint density at radius 3 is 3.00 bits per heavy atom. The number of H-pyrrole nitrogens is 1. The number of nitrogens with one attached hydrogen (secondary N) is 3. The molecule has 6 nitrogen and oxygen atoms in total. The molecule has 1 aromatic heterocycles. The summed E-state index contributed by atoms with van der Waals surface area (Å²) in [6.07, 6.45) is 2.87. The first-order valence-electron chi connectivity index (χ1n) is 5.16. The van der Waals surface area contributed by atoms with E-state index in [-0.39, 0.29) is 17.9 Å². The fourth-order valence-electron chi connectivity index (χ4n) is 1.68. The highest BCUT2D eigenvalue weighted by molar-refractivity contribution is 5.93. The second kappa shape index (κ2) is 4.26. The summed E-state index contributed by atoms with van der Waals surface area (Å²) in [6, 6.07) is 1.62. The normalized spacial score (nSPS) is 19.5. The van der Waals surface area contributed by atoms with Gasteiger partial charge in [0.05, 0.1) is 0 Å². The van der Waals surface area contributed by atoms with Crippen molar-refractivity contribution in [2.45, 2.75) is 18.9 Å². The molecule has 2 amide bonds. The molecule has 0 bridgehead atoms. The predicted molar refractivity (Wildman–Crippen MR) is 58.7 cm³/mol. The lowest BCUT2D eigenvalue weighted by Gasteiger charge is -2.10. The Balaban J connectivity index is 1.82. The van der Waals surface area contributed by atoms with Gasteiger partial charge in [0.2, 0.25) is 5.91 Å². The molecule has 0 saturated carbocycles. The lowest BCUT2D eigenvalue weighted by molar-refractivity contribution is -0.119. The van der Waals surface area contributed by atoms with Crippen LogP contribution in [0.3, 0.4) is 0 Å². The van der Waals surface area contributed by atoms with Gasteiger partial charge in [-0.15, -0.1) is 0 Å². The number of hydrogen-bond donors (Lipinski definition) is 4. The Morgan fingerprint density at radius 1 is 1.62 bits per heavy atom. The molecule has 86 valence electrons. The molecule has 2 heterocycles. The van der Waals surface area contributed by atoms with Crippen LogP contribution in [0.5, 0.6) is 0 Å². The molecule has 1 saturated heterocycles. The fraction of sp³-hybridized carbons (Fsp3) is 0.400. The average Bonchev–Trinajstić information content (AvgIpc) is 2.84. The Morgan fingerprint density at radius 2 is 2.44 bits per heavy atom. The maximum absolute atomic E-state index is 11.6. The molecule has 0 radical (unpaired) electrons. The summed E-state index contributed by atoms with van der Waals surface area (Å²) in [5.74, 6) is -0.166. The number of carbonyl (C=O) groups excluding carboxylic acids is 2. The molecule has 1 aromatic rings. The highest BCUT2D eigenvalue weighted by Gasteiger charge is 2.21. The number of aromatic amines is 1. The largest absolute Gasteiger partial charge is 0.397 e. The topological polar surface area (TPSA) is 100 Å². The smallest absolute Gasteiger partial charge is 0.267 e. The van der Waals surface area contributed by atoms with Crippen LogP contribution in [0.2, 0.25) is 0 Å². The van der Waals surface area contributed by atoms with Gasteiger partial charge in [0.15, 0.2) is 0 Å². The third kappa shape index (κ3) is 2.33. The van der Waals surface area contributed by atoms with Crippen molar-refractivity contribution in [2.75, 3.05) is 12.3 Å². The van der Waals surface area contributed by atoms with Gasteiger partial charge in [0, 0.05) is 30.9 Å². The zero-order chi connectivity index (χ0) is 11.5. The van der Waals surface area contributed by atoms with Gasteiger partial charge >= 0.3 is 0 Å². The van der Waals surface area contributed by atoms with Crippen molar-refractivity contribution in [3.05, 3.63) is 18.0 Å². The minimum atomic E-state index is -0.210. The second-order valence-corrected chi connectivity index (χ2v) is 3.86. The first-order chi connectivity index (χ1) is 7.65. The van der Waals surface area contributed by atoms with Crippen LogP contribution >= 0.6 is 0 Å². The van der Waals surface area contributed by atoms with Crippen molar-refractivity contribution in [3.63, 3.8) is 0 Å².